The van der Waals surface area contributed by atoms with Gasteiger partial charge in [0.25, 0.3) is 5.91 Å². The van der Waals surface area contributed by atoms with Gasteiger partial charge in [0.2, 0.25) is 0 Å². The van der Waals surface area contributed by atoms with Gasteiger partial charge in [-0.05, 0) is 12.1 Å². The Morgan fingerprint density at radius 1 is 1.45 bits per heavy atom. The van der Waals surface area contributed by atoms with E-state index in [1.165, 1.54) is 0 Å². The molecular formula is C14H16N2O3S. The predicted molar refractivity (Wildman–Crippen MR) is 76.6 cm³/mol. The number of carbonyl (C=O) groups is 1. The van der Waals surface area contributed by atoms with E-state index in [2.05, 4.69) is 16.8 Å². The molecule has 0 aliphatic carbocycles. The molecule has 0 radical (unpaired) electrons. The Labute approximate surface area is 120 Å². The van der Waals surface area contributed by atoms with Gasteiger partial charge >= 0.3 is 0 Å². The third-order valence-corrected chi connectivity index (χ3v) is 4.21. The average molecular weight is 292 g/mol. The van der Waals surface area contributed by atoms with E-state index >= 15 is 0 Å². The van der Waals surface area contributed by atoms with Crippen molar-refractivity contribution in [2.75, 3.05) is 31.2 Å². The van der Waals surface area contributed by atoms with E-state index in [0.717, 1.165) is 0 Å². The molecule has 1 fully saturated rings. The Kier molecular flexibility index (Phi) is 5.27. The van der Waals surface area contributed by atoms with Crippen LogP contribution in [0.3, 0.4) is 0 Å². The summed E-state index contributed by atoms with van der Waals surface area (Å²) < 4.78 is 11.3. The van der Waals surface area contributed by atoms with Crippen molar-refractivity contribution in [1.82, 2.24) is 9.88 Å². The van der Waals surface area contributed by atoms with Crippen LogP contribution in [0.4, 0.5) is 0 Å². The summed E-state index contributed by atoms with van der Waals surface area (Å²) in [6.07, 6.45) is 1.93. The lowest BCUT2D eigenvalue weighted by Crippen LogP contribution is -2.42. The molecule has 0 saturated carbocycles. The quantitative estimate of drug-likeness (QED) is 0.780. The summed E-state index contributed by atoms with van der Waals surface area (Å²) in [4.78, 5) is 18.2. The normalized spacial score (nSPS) is 15.6. The molecule has 1 aromatic heterocycles. The number of hydrogen-bond donors (Lipinski definition) is 1. The van der Waals surface area contributed by atoms with E-state index in [1.54, 1.807) is 23.2 Å². The van der Waals surface area contributed by atoms with Gasteiger partial charge in [0.15, 0.2) is 0 Å². The van der Waals surface area contributed by atoms with Gasteiger partial charge in [0.1, 0.15) is 5.69 Å². The maximum atomic E-state index is 12.4. The summed E-state index contributed by atoms with van der Waals surface area (Å²) in [5.74, 6) is 6.53. The molecule has 0 aromatic carbocycles. The van der Waals surface area contributed by atoms with Gasteiger partial charge in [-0.15, -0.1) is 0 Å². The lowest BCUT2D eigenvalue weighted by atomic mass is 10.1. The molecule has 6 heteroatoms. The highest BCUT2D eigenvalue weighted by atomic mass is 32.2. The van der Waals surface area contributed by atoms with Crippen LogP contribution in [-0.2, 0) is 10.8 Å². The Hall–Kier alpha value is -1.71. The zero-order valence-corrected chi connectivity index (χ0v) is 11.9. The second-order valence-electron chi connectivity index (χ2n) is 4.32. The van der Waals surface area contributed by atoms with E-state index in [0.29, 0.717) is 42.3 Å². The molecule has 1 aliphatic rings. The molecule has 1 amide bonds. The standard InChI is InChI=1S/C14H16N2O3S/c17-9-2-1-4-12-5-3-6-15-13(12)14(18)16-7-10-20(19)11-8-16/h3,5-6,17H,2,7-11H2. The highest BCUT2D eigenvalue weighted by Crippen LogP contribution is 2.10. The number of nitrogens with zero attached hydrogens (tertiary/aromatic N) is 2. The monoisotopic (exact) mass is 292 g/mol. The number of pyridine rings is 1. The van der Waals surface area contributed by atoms with Crippen molar-refractivity contribution in [3.8, 4) is 11.8 Å². The van der Waals surface area contributed by atoms with Gasteiger partial charge in [0, 0.05) is 48.0 Å². The zero-order valence-electron chi connectivity index (χ0n) is 11.0. The first-order chi connectivity index (χ1) is 9.72. The highest BCUT2D eigenvalue weighted by molar-refractivity contribution is 7.85. The van der Waals surface area contributed by atoms with Crippen molar-refractivity contribution in [3.05, 3.63) is 29.6 Å². The van der Waals surface area contributed by atoms with Crippen molar-refractivity contribution in [3.63, 3.8) is 0 Å². The van der Waals surface area contributed by atoms with Crippen LogP contribution in [0, 0.1) is 11.8 Å². The van der Waals surface area contributed by atoms with Gasteiger partial charge < -0.3 is 10.0 Å². The number of aromatic nitrogens is 1. The smallest absolute Gasteiger partial charge is 0.273 e. The van der Waals surface area contributed by atoms with Gasteiger partial charge in [-0.3, -0.25) is 9.00 Å². The SMILES string of the molecule is O=C(c1ncccc1C#CCCO)N1CCS(=O)CC1. The molecule has 1 saturated heterocycles. The van der Waals surface area contributed by atoms with E-state index in [1.807, 2.05) is 0 Å². The van der Waals surface area contributed by atoms with Crippen LogP contribution in [0.1, 0.15) is 22.5 Å². The largest absolute Gasteiger partial charge is 0.395 e. The summed E-state index contributed by atoms with van der Waals surface area (Å²) in [6, 6.07) is 3.47. The molecule has 0 spiro atoms. The van der Waals surface area contributed by atoms with Crippen LogP contribution < -0.4 is 0 Å². The fourth-order valence-corrected chi connectivity index (χ4v) is 2.93. The molecule has 0 atom stereocenters. The maximum absolute atomic E-state index is 12.4. The zero-order chi connectivity index (χ0) is 14.4. The topological polar surface area (TPSA) is 70.5 Å². The number of aliphatic hydroxyl groups is 1. The van der Waals surface area contributed by atoms with Crippen LogP contribution in [0.2, 0.25) is 0 Å². The summed E-state index contributed by atoms with van der Waals surface area (Å²) in [5, 5.41) is 8.73. The number of amides is 1. The average Bonchev–Trinajstić information content (AvgIpc) is 2.48. The second-order valence-corrected chi connectivity index (χ2v) is 6.01. The molecule has 0 bridgehead atoms. The Balaban J connectivity index is 2.18. The molecule has 1 aliphatic heterocycles. The van der Waals surface area contributed by atoms with Crippen LogP contribution in [0.15, 0.2) is 18.3 Å². The molecule has 2 heterocycles. The first-order valence-electron chi connectivity index (χ1n) is 6.41. The van der Waals surface area contributed by atoms with Gasteiger partial charge in [0.05, 0.1) is 12.2 Å². The number of rotatable bonds is 2. The third kappa shape index (κ3) is 3.65. The lowest BCUT2D eigenvalue weighted by Gasteiger charge is -2.26. The fraction of sp³-hybridized carbons (Fsp3) is 0.429. The number of aliphatic hydroxyl groups excluding tert-OH is 1. The summed E-state index contributed by atoms with van der Waals surface area (Å²) >= 11 is 0. The summed E-state index contributed by atoms with van der Waals surface area (Å²) in [7, 11) is -0.815. The molecule has 2 rings (SSSR count). The predicted octanol–water partition coefficient (Wildman–Crippen LogP) is 0.0200. The minimum Gasteiger partial charge on any atom is -0.395 e. The molecule has 5 nitrogen and oxygen atoms in total. The van der Waals surface area contributed by atoms with Gasteiger partial charge in [-0.25, -0.2) is 4.98 Å². The maximum Gasteiger partial charge on any atom is 0.273 e. The molecule has 1 aromatic rings. The van der Waals surface area contributed by atoms with Gasteiger partial charge in [-0.1, -0.05) is 11.8 Å². The minimum absolute atomic E-state index is 0.00548. The number of carbonyl (C=O) groups excluding carboxylic acids is 1. The summed E-state index contributed by atoms with van der Waals surface area (Å²) in [5.41, 5.74) is 0.892. The molecular weight excluding hydrogens is 276 g/mol. The minimum atomic E-state index is -0.815. The van der Waals surface area contributed by atoms with E-state index in [9.17, 15) is 9.00 Å². The molecule has 1 N–H and O–H groups in total. The molecule has 0 unspecified atom stereocenters. The van der Waals surface area contributed by atoms with E-state index in [-0.39, 0.29) is 12.5 Å². The van der Waals surface area contributed by atoms with Crippen LogP contribution in [0.25, 0.3) is 0 Å². The van der Waals surface area contributed by atoms with Crippen molar-refractivity contribution in [2.24, 2.45) is 0 Å². The van der Waals surface area contributed by atoms with Crippen LogP contribution >= 0.6 is 0 Å². The summed E-state index contributed by atoms with van der Waals surface area (Å²) in [6.45, 7) is 0.978. The second kappa shape index (κ2) is 7.17. The van der Waals surface area contributed by atoms with Crippen molar-refractivity contribution < 1.29 is 14.1 Å². The Morgan fingerprint density at radius 2 is 2.20 bits per heavy atom. The van der Waals surface area contributed by atoms with Crippen molar-refractivity contribution in [1.29, 1.82) is 0 Å². The van der Waals surface area contributed by atoms with Crippen LogP contribution in [-0.4, -0.2) is 56.3 Å². The lowest BCUT2D eigenvalue weighted by molar-refractivity contribution is 0.0765. The van der Waals surface area contributed by atoms with Gasteiger partial charge in [-0.2, -0.15) is 0 Å². The van der Waals surface area contributed by atoms with E-state index in [4.69, 9.17) is 5.11 Å². The highest BCUT2D eigenvalue weighted by Gasteiger charge is 2.23. The van der Waals surface area contributed by atoms with Crippen LogP contribution in [0.5, 0.6) is 0 Å². The molecule has 20 heavy (non-hydrogen) atoms. The number of hydrogen-bond acceptors (Lipinski definition) is 4. The van der Waals surface area contributed by atoms with Crippen molar-refractivity contribution in [2.45, 2.75) is 6.42 Å². The fourth-order valence-electron chi connectivity index (χ4n) is 1.88. The molecule has 106 valence electrons. The van der Waals surface area contributed by atoms with Crippen molar-refractivity contribution >= 4 is 16.7 Å². The first kappa shape index (κ1) is 14.7. The Bertz CT molecular complexity index is 567. The first-order valence-corrected chi connectivity index (χ1v) is 7.90. The third-order valence-electron chi connectivity index (χ3n) is 2.94. The Morgan fingerprint density at radius 3 is 2.90 bits per heavy atom. The van der Waals surface area contributed by atoms with E-state index < -0.39 is 10.8 Å².